The molecule has 2 aromatic carbocycles. The second-order valence-electron chi connectivity index (χ2n) is 6.95. The molecule has 0 saturated carbocycles. The number of methoxy groups -OCH3 is 1. The Labute approximate surface area is 151 Å². The Morgan fingerprint density at radius 3 is 2.24 bits per heavy atom. The van der Waals surface area contributed by atoms with E-state index in [0.29, 0.717) is 13.2 Å². The van der Waals surface area contributed by atoms with Crippen molar-refractivity contribution < 1.29 is 14.2 Å². The molecule has 4 nitrogen and oxygen atoms in total. The Morgan fingerprint density at radius 2 is 1.60 bits per heavy atom. The summed E-state index contributed by atoms with van der Waals surface area (Å²) < 4.78 is 17.2. The highest BCUT2D eigenvalue weighted by atomic mass is 16.5. The zero-order valence-electron chi connectivity index (χ0n) is 15.9. The number of para-hydroxylation sites is 1. The molecule has 0 bridgehead atoms. The topological polar surface area (TPSA) is 39.7 Å². The van der Waals surface area contributed by atoms with Crippen LogP contribution in [0.2, 0.25) is 0 Å². The van der Waals surface area contributed by atoms with Crippen LogP contribution in [0.25, 0.3) is 0 Å². The molecule has 136 valence electrons. The molecule has 0 saturated heterocycles. The van der Waals surface area contributed by atoms with E-state index in [2.05, 4.69) is 32.2 Å². The Kier molecular flexibility index (Phi) is 6.71. The first kappa shape index (κ1) is 19.1. The molecule has 2 rings (SSSR count). The van der Waals surface area contributed by atoms with Crippen molar-refractivity contribution in [1.29, 1.82) is 0 Å². The third kappa shape index (κ3) is 5.40. The molecule has 0 radical (unpaired) electrons. The molecular formula is C21H29NO3. The Morgan fingerprint density at radius 1 is 0.920 bits per heavy atom. The van der Waals surface area contributed by atoms with Crippen molar-refractivity contribution in [2.24, 2.45) is 0 Å². The quantitative estimate of drug-likeness (QED) is 0.730. The van der Waals surface area contributed by atoms with Crippen molar-refractivity contribution in [3.8, 4) is 17.2 Å². The summed E-state index contributed by atoms with van der Waals surface area (Å²) in [7, 11) is 3.61. The van der Waals surface area contributed by atoms with Gasteiger partial charge in [-0.3, -0.25) is 0 Å². The van der Waals surface area contributed by atoms with Gasteiger partial charge in [0.2, 0.25) is 0 Å². The lowest BCUT2D eigenvalue weighted by molar-refractivity contribution is 0.212. The average molecular weight is 343 g/mol. The van der Waals surface area contributed by atoms with Crippen LogP contribution in [0.3, 0.4) is 0 Å². The van der Waals surface area contributed by atoms with Crippen LogP contribution < -0.4 is 19.5 Å². The van der Waals surface area contributed by atoms with Gasteiger partial charge in [-0.2, -0.15) is 0 Å². The zero-order valence-corrected chi connectivity index (χ0v) is 15.9. The molecule has 0 aliphatic rings. The van der Waals surface area contributed by atoms with E-state index < -0.39 is 0 Å². The van der Waals surface area contributed by atoms with Crippen LogP contribution in [-0.2, 0) is 12.0 Å². The summed E-state index contributed by atoms with van der Waals surface area (Å²) in [5.41, 5.74) is 2.25. The summed E-state index contributed by atoms with van der Waals surface area (Å²) in [6, 6.07) is 14.0. The molecule has 0 aliphatic heterocycles. The van der Waals surface area contributed by atoms with E-state index in [1.54, 1.807) is 7.11 Å². The maximum Gasteiger partial charge on any atom is 0.123 e. The van der Waals surface area contributed by atoms with E-state index in [9.17, 15) is 0 Å². The molecule has 0 spiro atoms. The minimum atomic E-state index is -0.0237. The van der Waals surface area contributed by atoms with Crippen LogP contribution in [0.4, 0.5) is 0 Å². The highest BCUT2D eigenvalue weighted by Gasteiger charge is 2.20. The van der Waals surface area contributed by atoms with Gasteiger partial charge in [0.25, 0.3) is 0 Å². The normalized spacial score (nSPS) is 11.2. The minimum Gasteiger partial charge on any atom is -0.497 e. The number of hydrogen-bond acceptors (Lipinski definition) is 4. The van der Waals surface area contributed by atoms with Crippen molar-refractivity contribution in [3.05, 3.63) is 53.6 Å². The van der Waals surface area contributed by atoms with Gasteiger partial charge in [0, 0.05) is 17.7 Å². The average Bonchev–Trinajstić information content (AvgIpc) is 2.59. The summed E-state index contributed by atoms with van der Waals surface area (Å²) >= 11 is 0. The highest BCUT2D eigenvalue weighted by molar-refractivity contribution is 5.44. The molecule has 0 aliphatic carbocycles. The lowest BCUT2D eigenvalue weighted by atomic mass is 9.86. The Balaban J connectivity index is 1.98. The van der Waals surface area contributed by atoms with E-state index in [1.165, 1.54) is 0 Å². The van der Waals surface area contributed by atoms with Gasteiger partial charge in [-0.15, -0.1) is 0 Å². The number of ether oxygens (including phenoxy) is 3. The predicted octanol–water partition coefficient (Wildman–Crippen LogP) is 4.17. The summed E-state index contributed by atoms with van der Waals surface area (Å²) in [6.45, 7) is 8.26. The first-order chi connectivity index (χ1) is 12.0. The minimum absolute atomic E-state index is 0.0237. The zero-order chi connectivity index (χ0) is 18.3. The van der Waals surface area contributed by atoms with Gasteiger partial charge in [-0.1, -0.05) is 39.0 Å². The molecule has 2 aromatic rings. The molecule has 4 heteroatoms. The number of nitrogens with one attached hydrogen (secondary N) is 1. The van der Waals surface area contributed by atoms with Crippen LogP contribution in [0.1, 0.15) is 31.9 Å². The van der Waals surface area contributed by atoms with E-state index >= 15 is 0 Å². The first-order valence-corrected chi connectivity index (χ1v) is 8.62. The Hall–Kier alpha value is -2.20. The Bertz CT molecular complexity index is 677. The monoisotopic (exact) mass is 343 g/mol. The van der Waals surface area contributed by atoms with Crippen LogP contribution in [0.5, 0.6) is 17.2 Å². The van der Waals surface area contributed by atoms with Gasteiger partial charge in [-0.25, -0.2) is 0 Å². The first-order valence-electron chi connectivity index (χ1n) is 8.62. The van der Waals surface area contributed by atoms with E-state index in [4.69, 9.17) is 14.2 Å². The van der Waals surface area contributed by atoms with E-state index in [1.807, 2.05) is 43.4 Å². The van der Waals surface area contributed by atoms with Gasteiger partial charge in [0.1, 0.15) is 30.5 Å². The maximum absolute atomic E-state index is 5.99. The molecule has 25 heavy (non-hydrogen) atoms. The molecule has 0 aromatic heterocycles. The van der Waals surface area contributed by atoms with Crippen molar-refractivity contribution in [2.45, 2.75) is 32.7 Å². The summed E-state index contributed by atoms with van der Waals surface area (Å²) in [5, 5.41) is 3.15. The van der Waals surface area contributed by atoms with Crippen LogP contribution in [-0.4, -0.2) is 27.4 Å². The van der Waals surface area contributed by atoms with Gasteiger partial charge < -0.3 is 19.5 Å². The molecule has 0 fully saturated rings. The fourth-order valence-electron chi connectivity index (χ4n) is 2.63. The molecule has 0 heterocycles. The van der Waals surface area contributed by atoms with Gasteiger partial charge >= 0.3 is 0 Å². The second kappa shape index (κ2) is 8.77. The van der Waals surface area contributed by atoms with Crippen molar-refractivity contribution in [1.82, 2.24) is 5.32 Å². The van der Waals surface area contributed by atoms with Crippen molar-refractivity contribution in [3.63, 3.8) is 0 Å². The fourth-order valence-corrected chi connectivity index (χ4v) is 2.63. The molecule has 0 unspecified atom stereocenters. The van der Waals surface area contributed by atoms with Gasteiger partial charge in [0.15, 0.2) is 0 Å². The lowest BCUT2D eigenvalue weighted by Crippen LogP contribution is -2.16. The fraction of sp³-hybridized carbons (Fsp3) is 0.429. The molecule has 0 amide bonds. The summed E-state index contributed by atoms with van der Waals surface area (Å²) in [5.74, 6) is 2.61. The second-order valence-corrected chi connectivity index (χ2v) is 6.95. The van der Waals surface area contributed by atoms with Gasteiger partial charge in [0.05, 0.1) is 7.11 Å². The van der Waals surface area contributed by atoms with Crippen molar-refractivity contribution >= 4 is 0 Å². The van der Waals surface area contributed by atoms with E-state index in [0.717, 1.165) is 34.9 Å². The lowest BCUT2D eigenvalue weighted by Gasteiger charge is -2.23. The highest BCUT2D eigenvalue weighted by Crippen LogP contribution is 2.34. The maximum atomic E-state index is 5.99. The molecule has 1 N–H and O–H groups in total. The molecular weight excluding hydrogens is 314 g/mol. The van der Waals surface area contributed by atoms with Crippen LogP contribution >= 0.6 is 0 Å². The van der Waals surface area contributed by atoms with Crippen LogP contribution in [0.15, 0.2) is 42.5 Å². The number of hydrogen-bond donors (Lipinski definition) is 1. The SMILES string of the molecule is CNCc1ccccc1OCCOc1ccc(OC)cc1C(C)(C)C. The number of benzene rings is 2. The van der Waals surface area contributed by atoms with E-state index in [-0.39, 0.29) is 5.41 Å². The summed E-state index contributed by atoms with van der Waals surface area (Å²) in [4.78, 5) is 0. The van der Waals surface area contributed by atoms with Crippen LogP contribution in [0, 0.1) is 0 Å². The van der Waals surface area contributed by atoms with Gasteiger partial charge in [-0.05, 0) is 36.7 Å². The predicted molar refractivity (Wildman–Crippen MR) is 102 cm³/mol. The number of rotatable bonds is 8. The third-order valence-corrected chi connectivity index (χ3v) is 3.93. The van der Waals surface area contributed by atoms with Crippen molar-refractivity contribution in [2.75, 3.05) is 27.4 Å². The third-order valence-electron chi connectivity index (χ3n) is 3.93. The smallest absolute Gasteiger partial charge is 0.123 e. The molecule has 0 atom stereocenters. The standard InChI is InChI=1S/C21H29NO3/c1-21(2,3)18-14-17(23-5)10-11-20(18)25-13-12-24-19-9-7-6-8-16(19)15-22-4/h6-11,14,22H,12-13,15H2,1-5H3. The largest absolute Gasteiger partial charge is 0.497 e. The summed E-state index contributed by atoms with van der Waals surface area (Å²) in [6.07, 6.45) is 0.